The van der Waals surface area contributed by atoms with E-state index in [0.29, 0.717) is 38.5 Å². The lowest BCUT2D eigenvalue weighted by atomic mass is 9.85. The van der Waals surface area contributed by atoms with Crippen molar-refractivity contribution < 1.29 is 23.1 Å². The van der Waals surface area contributed by atoms with Gasteiger partial charge in [-0.2, -0.15) is 4.91 Å². The number of aliphatic hydroxyl groups excluding tert-OH is 1. The fraction of sp³-hybridized carbons (Fsp3) is 0.583. The second-order valence-electron chi connectivity index (χ2n) is 8.77. The molecule has 0 spiro atoms. The average Bonchev–Trinajstić information content (AvgIpc) is 3.07. The molecule has 182 valence electrons. The molecule has 0 radical (unpaired) electrons. The number of benzene rings is 1. The Balaban J connectivity index is 1.77. The zero-order valence-corrected chi connectivity index (χ0v) is 19.9. The van der Waals surface area contributed by atoms with Crippen LogP contribution in [0.25, 0.3) is 0 Å². The minimum absolute atomic E-state index is 0.0283. The topological polar surface area (TPSA) is 130 Å². The fourth-order valence-corrected chi connectivity index (χ4v) is 4.85. The van der Waals surface area contributed by atoms with Gasteiger partial charge in [0, 0.05) is 18.8 Å². The largest absolute Gasteiger partial charge is 0.393 e. The van der Waals surface area contributed by atoms with Crippen LogP contribution >= 0.6 is 0 Å². The third-order valence-corrected chi connectivity index (χ3v) is 6.64. The first-order valence-corrected chi connectivity index (χ1v) is 13.3. The van der Waals surface area contributed by atoms with Crippen LogP contribution in [0.5, 0.6) is 0 Å². The van der Waals surface area contributed by atoms with Crippen LogP contribution in [0, 0.1) is 16.7 Å². The summed E-state index contributed by atoms with van der Waals surface area (Å²) in [6, 6.07) is 9.39. The molecule has 0 saturated heterocycles. The van der Waals surface area contributed by atoms with Crippen LogP contribution in [-0.4, -0.2) is 43.6 Å². The molecule has 1 aliphatic carbocycles. The SMILES string of the molecule is CS(=O)(=O)NC(=O)CCCC=CC[C@H]1C(=O)CC(N=O)[C@@H]1CCC(O)CCc1ccccc1. The number of nitrogens with one attached hydrogen (secondary N) is 1. The Morgan fingerprint density at radius 2 is 1.97 bits per heavy atom. The Morgan fingerprint density at radius 1 is 1.24 bits per heavy atom. The van der Waals surface area contributed by atoms with E-state index in [0.717, 1.165) is 18.2 Å². The van der Waals surface area contributed by atoms with Gasteiger partial charge in [0.2, 0.25) is 15.9 Å². The van der Waals surface area contributed by atoms with E-state index in [1.165, 1.54) is 0 Å². The number of amides is 1. The molecule has 0 aromatic heterocycles. The summed E-state index contributed by atoms with van der Waals surface area (Å²) in [6.07, 6.45) is 8.49. The van der Waals surface area contributed by atoms with E-state index in [1.54, 1.807) is 0 Å². The summed E-state index contributed by atoms with van der Waals surface area (Å²) in [4.78, 5) is 35.2. The molecule has 8 nitrogen and oxygen atoms in total. The van der Waals surface area contributed by atoms with Crippen molar-refractivity contribution in [3.05, 3.63) is 53.0 Å². The predicted molar refractivity (Wildman–Crippen MR) is 127 cm³/mol. The predicted octanol–water partition coefficient (Wildman–Crippen LogP) is 3.29. The maximum Gasteiger partial charge on any atom is 0.233 e. The van der Waals surface area contributed by atoms with E-state index >= 15 is 0 Å². The number of ketones is 1. The van der Waals surface area contributed by atoms with E-state index < -0.39 is 28.1 Å². The Bertz CT molecular complexity index is 916. The van der Waals surface area contributed by atoms with Crippen LogP contribution in [0.3, 0.4) is 0 Å². The standard InChI is InChI=1S/C24H34N2O6S/c1-33(31,32)26-24(29)12-8-3-2-7-11-21-20(22(25-30)17-23(21)28)16-15-19(27)14-13-18-9-5-4-6-10-18/h2,4-7,9-10,19-22,27H,3,8,11-17H2,1H3,(H,26,29)/t19?,20-,21-,22?/m1/s1. The summed E-state index contributed by atoms with van der Waals surface area (Å²) >= 11 is 0. The van der Waals surface area contributed by atoms with Gasteiger partial charge in [0.05, 0.1) is 12.4 Å². The lowest BCUT2D eigenvalue weighted by Gasteiger charge is -2.21. The molecule has 1 aromatic carbocycles. The molecule has 0 aliphatic heterocycles. The van der Waals surface area contributed by atoms with Gasteiger partial charge in [-0.3, -0.25) is 14.3 Å². The van der Waals surface area contributed by atoms with Crippen molar-refractivity contribution in [2.24, 2.45) is 17.0 Å². The number of unbranched alkanes of at least 4 members (excludes halogenated alkanes) is 1. The summed E-state index contributed by atoms with van der Waals surface area (Å²) < 4.78 is 23.9. The van der Waals surface area contributed by atoms with Crippen molar-refractivity contribution in [3.8, 4) is 0 Å². The van der Waals surface area contributed by atoms with Gasteiger partial charge in [-0.05, 0) is 56.4 Å². The van der Waals surface area contributed by atoms with Gasteiger partial charge in [-0.15, -0.1) is 0 Å². The van der Waals surface area contributed by atoms with E-state index in [-0.39, 0.29) is 30.5 Å². The number of nitrogens with zero attached hydrogens (tertiary/aromatic N) is 1. The fourth-order valence-electron chi connectivity index (χ4n) is 4.34. The van der Waals surface area contributed by atoms with Crippen molar-refractivity contribution in [1.29, 1.82) is 0 Å². The van der Waals surface area contributed by atoms with Gasteiger partial charge in [-0.25, -0.2) is 8.42 Å². The van der Waals surface area contributed by atoms with E-state index in [4.69, 9.17) is 0 Å². The molecule has 2 rings (SSSR count). The van der Waals surface area contributed by atoms with Crippen LogP contribution in [-0.2, 0) is 26.0 Å². The van der Waals surface area contributed by atoms with Gasteiger partial charge in [0.15, 0.2) is 0 Å². The van der Waals surface area contributed by atoms with Gasteiger partial charge < -0.3 is 5.11 Å². The third kappa shape index (κ3) is 9.96. The maximum atomic E-state index is 12.4. The number of aryl methyl sites for hydroxylation is 1. The first-order chi connectivity index (χ1) is 15.7. The minimum Gasteiger partial charge on any atom is -0.393 e. The summed E-state index contributed by atoms with van der Waals surface area (Å²) in [5, 5.41) is 13.6. The van der Waals surface area contributed by atoms with Crippen LogP contribution < -0.4 is 4.72 Å². The van der Waals surface area contributed by atoms with Crippen molar-refractivity contribution in [2.45, 2.75) is 69.9 Å². The molecule has 2 unspecified atom stereocenters. The summed E-state index contributed by atoms with van der Waals surface area (Å²) in [7, 11) is -3.54. The molecule has 1 fully saturated rings. The Labute approximate surface area is 195 Å². The zero-order valence-electron chi connectivity index (χ0n) is 19.1. The average molecular weight is 479 g/mol. The molecule has 1 saturated carbocycles. The molecule has 1 aromatic rings. The van der Waals surface area contributed by atoms with Gasteiger partial charge in [-0.1, -0.05) is 47.7 Å². The number of carbonyl (C=O) groups is 2. The number of nitroso groups, excluding NO2 is 1. The molecule has 1 aliphatic rings. The zero-order chi connectivity index (χ0) is 24.3. The van der Waals surface area contributed by atoms with E-state index in [2.05, 4.69) is 5.18 Å². The van der Waals surface area contributed by atoms with E-state index in [9.17, 15) is 28.0 Å². The highest BCUT2D eigenvalue weighted by atomic mass is 32.2. The number of allylic oxidation sites excluding steroid dienone is 2. The first kappa shape index (κ1) is 26.9. The van der Waals surface area contributed by atoms with Crippen LogP contribution in [0.2, 0.25) is 0 Å². The monoisotopic (exact) mass is 478 g/mol. The molecule has 2 N–H and O–H groups in total. The van der Waals surface area contributed by atoms with Crippen molar-refractivity contribution in [3.63, 3.8) is 0 Å². The lowest BCUT2D eigenvalue weighted by molar-refractivity contribution is -0.121. The highest BCUT2D eigenvalue weighted by Gasteiger charge is 2.42. The summed E-state index contributed by atoms with van der Waals surface area (Å²) in [5.74, 6) is -0.978. The smallest absolute Gasteiger partial charge is 0.233 e. The summed E-state index contributed by atoms with van der Waals surface area (Å²) in [5.41, 5.74) is 1.16. The van der Waals surface area contributed by atoms with Crippen molar-refractivity contribution >= 4 is 21.7 Å². The Hall–Kier alpha value is -2.39. The van der Waals surface area contributed by atoms with Gasteiger partial charge in [0.25, 0.3) is 0 Å². The molecular weight excluding hydrogens is 444 g/mol. The van der Waals surface area contributed by atoms with Gasteiger partial charge >= 0.3 is 0 Å². The number of sulfonamides is 1. The van der Waals surface area contributed by atoms with Crippen LogP contribution in [0.4, 0.5) is 0 Å². The Morgan fingerprint density at radius 3 is 2.64 bits per heavy atom. The highest BCUT2D eigenvalue weighted by Crippen LogP contribution is 2.37. The highest BCUT2D eigenvalue weighted by molar-refractivity contribution is 7.89. The normalized spacial score (nSPS) is 21.9. The number of aliphatic hydroxyl groups is 1. The number of hydrogen-bond acceptors (Lipinski definition) is 7. The molecule has 1 amide bonds. The third-order valence-electron chi connectivity index (χ3n) is 6.04. The Kier molecular flexibility index (Phi) is 10.9. The second-order valence-corrected chi connectivity index (χ2v) is 10.5. The van der Waals surface area contributed by atoms with Gasteiger partial charge in [0.1, 0.15) is 11.8 Å². The maximum absolute atomic E-state index is 12.4. The molecular formula is C24H34N2O6S. The molecule has 0 bridgehead atoms. The molecule has 9 heteroatoms. The number of carbonyl (C=O) groups excluding carboxylic acids is 2. The second kappa shape index (κ2) is 13.3. The minimum atomic E-state index is -3.54. The number of hydrogen-bond donors (Lipinski definition) is 2. The first-order valence-electron chi connectivity index (χ1n) is 11.4. The lowest BCUT2D eigenvalue weighted by Crippen LogP contribution is -2.28. The van der Waals surface area contributed by atoms with Crippen LogP contribution in [0.15, 0.2) is 47.7 Å². The molecule has 33 heavy (non-hydrogen) atoms. The van der Waals surface area contributed by atoms with Crippen LogP contribution in [0.1, 0.15) is 56.9 Å². The molecule has 0 heterocycles. The van der Waals surface area contributed by atoms with Crippen molar-refractivity contribution in [1.82, 2.24) is 4.72 Å². The molecule has 4 atom stereocenters. The van der Waals surface area contributed by atoms with E-state index in [1.807, 2.05) is 47.2 Å². The number of rotatable bonds is 14. The summed E-state index contributed by atoms with van der Waals surface area (Å²) in [6.45, 7) is 0. The quantitative estimate of drug-likeness (QED) is 0.240. The number of Topliss-reactive ketones (excluding diaryl/α,β-unsaturated/α-hetero) is 1. The van der Waals surface area contributed by atoms with Crippen molar-refractivity contribution in [2.75, 3.05) is 6.26 Å².